The third-order valence-electron chi connectivity index (χ3n) is 1.23. The molecule has 0 aromatic heterocycles. The molecule has 0 aliphatic carbocycles. The van der Waals surface area contributed by atoms with Gasteiger partial charge in [-0.25, -0.2) is 0 Å². The molecular weight excluding hydrogens is 167 g/mol. The van der Waals surface area contributed by atoms with Gasteiger partial charge in [0.2, 0.25) is 0 Å². The summed E-state index contributed by atoms with van der Waals surface area (Å²) in [5.41, 5.74) is 1.08. The Morgan fingerprint density at radius 2 is 1.85 bits per heavy atom. The van der Waals surface area contributed by atoms with Crippen molar-refractivity contribution in [2.45, 2.75) is 0 Å². The number of benzene rings is 1. The molecule has 0 saturated carbocycles. The largest absolute Gasteiger partial charge is 0.431 e. The van der Waals surface area contributed by atoms with E-state index >= 15 is 0 Å². The van der Waals surface area contributed by atoms with E-state index in [1.54, 1.807) is 13.6 Å². The highest BCUT2D eigenvalue weighted by atomic mass is 16.4. The molecule has 0 heterocycles. The van der Waals surface area contributed by atoms with E-state index < -0.39 is 0 Å². The Morgan fingerprint density at radius 1 is 1.23 bits per heavy atom. The normalized spacial score (nSPS) is 7.69. The lowest BCUT2D eigenvalue weighted by atomic mass is 9.88. The third-order valence-corrected chi connectivity index (χ3v) is 1.23. The van der Waals surface area contributed by atoms with Crippen LogP contribution in [0.5, 0.6) is 0 Å². The summed E-state index contributed by atoms with van der Waals surface area (Å²) >= 11 is 0. The van der Waals surface area contributed by atoms with Crippen LogP contribution in [-0.2, 0) is 4.65 Å². The van der Waals surface area contributed by atoms with Gasteiger partial charge in [0.05, 0.1) is 0 Å². The average Bonchev–Trinajstić information content (AvgIpc) is 2.07. The molecule has 0 aliphatic heterocycles. The molecule has 13 heavy (non-hydrogen) atoms. The summed E-state index contributed by atoms with van der Waals surface area (Å²) in [7, 11) is 1.72. The zero-order chi connectivity index (χ0) is 7.94. The van der Waals surface area contributed by atoms with Gasteiger partial charge in [0.1, 0.15) is 0 Å². The Morgan fingerprint density at radius 3 is 2.38 bits per heavy atom. The molecule has 0 atom stereocenters. The molecule has 0 saturated heterocycles. The Balaban J connectivity index is 0. The van der Waals surface area contributed by atoms with E-state index in [0.29, 0.717) is 6.61 Å². The van der Waals surface area contributed by atoms with Gasteiger partial charge in [0, 0.05) is 6.61 Å². The fourth-order valence-corrected chi connectivity index (χ4v) is 0.744. The van der Waals surface area contributed by atoms with Crippen LogP contribution in [0.4, 0.5) is 0 Å². The molecule has 4 N–H and O–H groups in total. The zero-order valence-electron chi connectivity index (χ0n) is 7.36. The monoisotopic (exact) mass is 181 g/mol. The van der Waals surface area contributed by atoms with Gasteiger partial charge in [-0.05, 0) is 0 Å². The van der Waals surface area contributed by atoms with Crippen LogP contribution in [0.25, 0.3) is 0 Å². The first-order chi connectivity index (χ1) is 5.43. The van der Waals surface area contributed by atoms with Crippen molar-refractivity contribution in [3.63, 3.8) is 0 Å². The second-order valence-corrected chi connectivity index (χ2v) is 2.15. The highest BCUT2D eigenvalue weighted by Gasteiger charge is 1.92. The van der Waals surface area contributed by atoms with Crippen molar-refractivity contribution in [1.82, 2.24) is 0 Å². The summed E-state index contributed by atoms with van der Waals surface area (Å²) in [6, 6.07) is 9.91. The summed E-state index contributed by atoms with van der Waals surface area (Å²) in [4.78, 5) is 0. The topological polar surface area (TPSA) is 72.2 Å². The molecule has 0 unspecified atom stereocenters. The van der Waals surface area contributed by atoms with Crippen molar-refractivity contribution in [3.05, 3.63) is 43.0 Å². The van der Waals surface area contributed by atoms with Gasteiger partial charge >= 0.3 is 7.48 Å². The van der Waals surface area contributed by atoms with Crippen LogP contribution in [-0.4, -0.2) is 25.0 Å². The minimum atomic E-state index is 0. The standard InChI is InChI=1S/C9H10BO.2H2O/c1-2-8-11-10-9-6-4-3-5-7-9;;/h2-7H,1,8H2;2*1H2. The van der Waals surface area contributed by atoms with Crippen molar-refractivity contribution in [2.24, 2.45) is 0 Å². The van der Waals surface area contributed by atoms with Crippen LogP contribution in [0.2, 0.25) is 0 Å². The molecule has 0 bridgehead atoms. The van der Waals surface area contributed by atoms with E-state index in [2.05, 4.69) is 6.58 Å². The van der Waals surface area contributed by atoms with E-state index in [1.165, 1.54) is 0 Å². The quantitative estimate of drug-likeness (QED) is 0.350. The first-order valence-electron chi connectivity index (χ1n) is 3.54. The molecule has 71 valence electrons. The predicted molar refractivity (Wildman–Crippen MR) is 55.2 cm³/mol. The molecule has 0 spiro atoms. The molecule has 1 radical (unpaired) electrons. The molecule has 1 aromatic rings. The Bertz CT molecular complexity index is 213. The molecule has 3 nitrogen and oxygen atoms in total. The zero-order valence-corrected chi connectivity index (χ0v) is 7.36. The van der Waals surface area contributed by atoms with Crippen molar-refractivity contribution in [1.29, 1.82) is 0 Å². The van der Waals surface area contributed by atoms with Crippen LogP contribution >= 0.6 is 0 Å². The maximum atomic E-state index is 5.13. The molecular formula is C9H14BO3. The van der Waals surface area contributed by atoms with Crippen LogP contribution in [0.3, 0.4) is 0 Å². The molecule has 1 rings (SSSR count). The number of rotatable bonds is 4. The van der Waals surface area contributed by atoms with Crippen LogP contribution in [0.15, 0.2) is 43.0 Å². The number of hydrogen-bond acceptors (Lipinski definition) is 1. The van der Waals surface area contributed by atoms with Gasteiger partial charge in [-0.3, -0.25) is 0 Å². The second kappa shape index (κ2) is 9.00. The summed E-state index contributed by atoms with van der Waals surface area (Å²) in [5.74, 6) is 0. The summed E-state index contributed by atoms with van der Waals surface area (Å²) in [5, 5.41) is 0. The van der Waals surface area contributed by atoms with Gasteiger partial charge in [0.15, 0.2) is 0 Å². The van der Waals surface area contributed by atoms with Crippen LogP contribution in [0, 0.1) is 0 Å². The highest BCUT2D eigenvalue weighted by molar-refractivity contribution is 6.46. The minimum Gasteiger partial charge on any atom is -0.431 e. The smallest absolute Gasteiger partial charge is 0.330 e. The number of hydrogen-bond donors (Lipinski definition) is 0. The Hall–Kier alpha value is -1.10. The van der Waals surface area contributed by atoms with Gasteiger partial charge in [-0.15, -0.1) is 6.58 Å². The van der Waals surface area contributed by atoms with Crippen molar-refractivity contribution < 1.29 is 15.6 Å². The minimum absolute atomic E-state index is 0. The average molecular weight is 181 g/mol. The van der Waals surface area contributed by atoms with Gasteiger partial charge in [-0.1, -0.05) is 41.9 Å². The molecule has 0 amide bonds. The SMILES string of the molecule is C=CCO[B]c1ccccc1.O.O. The fraction of sp³-hybridized carbons (Fsp3) is 0.111. The van der Waals surface area contributed by atoms with E-state index in [4.69, 9.17) is 4.65 Å². The fourth-order valence-electron chi connectivity index (χ4n) is 0.744. The van der Waals surface area contributed by atoms with Gasteiger partial charge in [0.25, 0.3) is 0 Å². The lowest BCUT2D eigenvalue weighted by molar-refractivity contribution is 0.393. The maximum absolute atomic E-state index is 5.13. The van der Waals surface area contributed by atoms with Gasteiger partial charge < -0.3 is 15.6 Å². The van der Waals surface area contributed by atoms with Crippen molar-refractivity contribution in [3.8, 4) is 0 Å². The van der Waals surface area contributed by atoms with Crippen LogP contribution < -0.4 is 5.46 Å². The molecule has 0 fully saturated rings. The highest BCUT2D eigenvalue weighted by Crippen LogP contribution is 1.81. The van der Waals surface area contributed by atoms with E-state index in [1.807, 2.05) is 30.3 Å². The lowest BCUT2D eigenvalue weighted by Crippen LogP contribution is -2.16. The summed E-state index contributed by atoms with van der Waals surface area (Å²) in [6.45, 7) is 4.11. The molecule has 0 aliphatic rings. The predicted octanol–water partition coefficient (Wildman–Crippen LogP) is -0.516. The lowest BCUT2D eigenvalue weighted by Gasteiger charge is -1.97. The van der Waals surface area contributed by atoms with Crippen LogP contribution in [0.1, 0.15) is 0 Å². The first kappa shape index (κ1) is 14.4. The molecule has 1 aromatic carbocycles. The first-order valence-corrected chi connectivity index (χ1v) is 3.54. The van der Waals surface area contributed by atoms with E-state index in [9.17, 15) is 0 Å². The summed E-state index contributed by atoms with van der Waals surface area (Å²) in [6.07, 6.45) is 1.72. The summed E-state index contributed by atoms with van der Waals surface area (Å²) < 4.78 is 5.13. The van der Waals surface area contributed by atoms with E-state index in [0.717, 1.165) is 5.46 Å². The molecule has 4 heteroatoms. The maximum Gasteiger partial charge on any atom is 0.330 e. The second-order valence-electron chi connectivity index (χ2n) is 2.15. The Kier molecular flexibility index (Phi) is 9.99. The Labute approximate surface area is 78.9 Å². The third kappa shape index (κ3) is 6.10. The van der Waals surface area contributed by atoms with Crippen molar-refractivity contribution in [2.75, 3.05) is 6.61 Å². The van der Waals surface area contributed by atoms with Gasteiger partial charge in [-0.2, -0.15) is 0 Å². The van der Waals surface area contributed by atoms with E-state index in [-0.39, 0.29) is 11.0 Å². The van der Waals surface area contributed by atoms with Crippen molar-refractivity contribution >= 4 is 12.9 Å².